The zero-order valence-electron chi connectivity index (χ0n) is 14.2. The number of fused-ring (bicyclic) bond motifs is 7. The Balaban J connectivity index is 2.06. The fourth-order valence-corrected chi connectivity index (χ4v) is 3.81. The molecular weight excluding hydrogens is 308 g/mol. The van der Waals surface area contributed by atoms with Crippen LogP contribution in [0.15, 0.2) is 71.1 Å². The molecule has 1 heterocycles. The number of benzene rings is 4. The second kappa shape index (κ2) is 5.33. The van der Waals surface area contributed by atoms with E-state index in [9.17, 15) is 0 Å². The molecule has 0 aliphatic rings. The van der Waals surface area contributed by atoms with Crippen LogP contribution in [-0.4, -0.2) is 7.11 Å². The Bertz CT molecular complexity index is 1250. The first-order valence-corrected chi connectivity index (χ1v) is 8.56. The highest BCUT2D eigenvalue weighted by atomic mass is 16.5. The number of rotatable bonds is 2. The highest BCUT2D eigenvalue weighted by Crippen LogP contribution is 2.41. The summed E-state index contributed by atoms with van der Waals surface area (Å²) in [6.45, 7) is 2.06. The molecule has 4 aromatic carbocycles. The molecule has 0 saturated carbocycles. The molecule has 0 fully saturated rings. The lowest BCUT2D eigenvalue weighted by Gasteiger charge is -2.12. The lowest BCUT2D eigenvalue weighted by atomic mass is 9.97. The molecule has 1 aromatic heterocycles. The van der Waals surface area contributed by atoms with Gasteiger partial charge in [-0.15, -0.1) is 0 Å². The third-order valence-corrected chi connectivity index (χ3v) is 5.17. The number of methoxy groups -OCH3 is 1. The molecule has 5 rings (SSSR count). The van der Waals surface area contributed by atoms with Crippen LogP contribution in [0.25, 0.3) is 43.5 Å². The summed E-state index contributed by atoms with van der Waals surface area (Å²) in [7, 11) is 1.74. The SMILES string of the molecule is COC(C)c1cc2ccccc2c2c1oc1c3ccccc3ccc12. The van der Waals surface area contributed by atoms with Crippen LogP contribution < -0.4 is 0 Å². The van der Waals surface area contributed by atoms with Crippen LogP contribution in [0, 0.1) is 0 Å². The Hall–Kier alpha value is -2.84. The van der Waals surface area contributed by atoms with E-state index in [-0.39, 0.29) is 6.10 Å². The summed E-state index contributed by atoms with van der Waals surface area (Å²) in [5.74, 6) is 0. The van der Waals surface area contributed by atoms with Crippen molar-refractivity contribution in [1.82, 2.24) is 0 Å². The monoisotopic (exact) mass is 326 g/mol. The first-order valence-electron chi connectivity index (χ1n) is 8.56. The van der Waals surface area contributed by atoms with E-state index in [0.29, 0.717) is 0 Å². The van der Waals surface area contributed by atoms with Gasteiger partial charge in [-0.2, -0.15) is 0 Å². The standard InChI is InChI=1S/C23H18O2/c1-14(24-2)20-13-16-8-4-5-9-17(16)21-19-12-11-15-7-3-6-10-18(15)22(19)25-23(20)21/h3-14H,1-2H3. The second-order valence-corrected chi connectivity index (χ2v) is 6.53. The van der Waals surface area contributed by atoms with Crippen molar-refractivity contribution in [1.29, 1.82) is 0 Å². The molecule has 25 heavy (non-hydrogen) atoms. The van der Waals surface area contributed by atoms with E-state index in [1.165, 1.54) is 21.5 Å². The van der Waals surface area contributed by atoms with E-state index >= 15 is 0 Å². The van der Waals surface area contributed by atoms with Gasteiger partial charge in [0.05, 0.1) is 6.10 Å². The van der Waals surface area contributed by atoms with Crippen LogP contribution >= 0.6 is 0 Å². The highest BCUT2D eigenvalue weighted by Gasteiger charge is 2.19. The molecule has 0 radical (unpaired) electrons. The quantitative estimate of drug-likeness (QED) is 0.364. The number of ether oxygens (including phenoxy) is 1. The summed E-state index contributed by atoms with van der Waals surface area (Å²) in [4.78, 5) is 0. The highest BCUT2D eigenvalue weighted by molar-refractivity contribution is 6.23. The predicted octanol–water partition coefficient (Wildman–Crippen LogP) is 6.60. The van der Waals surface area contributed by atoms with Gasteiger partial charge in [0.15, 0.2) is 0 Å². The van der Waals surface area contributed by atoms with Crippen LogP contribution in [0.3, 0.4) is 0 Å². The van der Waals surface area contributed by atoms with Gasteiger partial charge in [0.2, 0.25) is 0 Å². The fraction of sp³-hybridized carbons (Fsp3) is 0.130. The van der Waals surface area contributed by atoms with Crippen LogP contribution in [0.1, 0.15) is 18.6 Å². The lowest BCUT2D eigenvalue weighted by Crippen LogP contribution is -1.96. The second-order valence-electron chi connectivity index (χ2n) is 6.53. The topological polar surface area (TPSA) is 22.4 Å². The first kappa shape index (κ1) is 14.5. The molecule has 5 aromatic rings. The molecule has 0 aliphatic heterocycles. The van der Waals surface area contributed by atoms with Gasteiger partial charge >= 0.3 is 0 Å². The van der Waals surface area contributed by atoms with Crippen LogP contribution in [0.5, 0.6) is 0 Å². The smallest absolute Gasteiger partial charge is 0.143 e. The molecule has 0 bridgehead atoms. The Morgan fingerprint density at radius 1 is 0.760 bits per heavy atom. The zero-order valence-corrected chi connectivity index (χ0v) is 14.2. The van der Waals surface area contributed by atoms with E-state index in [1.807, 2.05) is 0 Å². The normalized spacial score (nSPS) is 13.2. The summed E-state index contributed by atoms with van der Waals surface area (Å²) in [6, 6.07) is 23.4. The number of furan rings is 1. The van der Waals surface area contributed by atoms with Gasteiger partial charge in [-0.1, -0.05) is 54.6 Å². The van der Waals surface area contributed by atoms with Gasteiger partial charge < -0.3 is 9.15 Å². The molecule has 1 atom stereocenters. The van der Waals surface area contributed by atoms with Crippen molar-refractivity contribution in [2.24, 2.45) is 0 Å². The Kier molecular flexibility index (Phi) is 3.09. The number of hydrogen-bond donors (Lipinski definition) is 0. The molecular formula is C23H18O2. The maximum Gasteiger partial charge on any atom is 0.143 e. The third-order valence-electron chi connectivity index (χ3n) is 5.17. The molecule has 0 spiro atoms. The summed E-state index contributed by atoms with van der Waals surface area (Å²) >= 11 is 0. The lowest BCUT2D eigenvalue weighted by molar-refractivity contribution is 0.120. The molecule has 2 nitrogen and oxygen atoms in total. The van der Waals surface area contributed by atoms with Crippen molar-refractivity contribution in [3.05, 3.63) is 72.3 Å². The molecule has 0 amide bonds. The van der Waals surface area contributed by atoms with Gasteiger partial charge in [0, 0.05) is 28.8 Å². The molecule has 1 unspecified atom stereocenters. The van der Waals surface area contributed by atoms with Gasteiger partial charge in [-0.05, 0) is 35.2 Å². The van der Waals surface area contributed by atoms with Crippen molar-refractivity contribution < 1.29 is 9.15 Å². The van der Waals surface area contributed by atoms with Gasteiger partial charge in [-0.25, -0.2) is 0 Å². The summed E-state index contributed by atoms with van der Waals surface area (Å²) in [6.07, 6.45) is -0.0288. The van der Waals surface area contributed by atoms with E-state index < -0.39 is 0 Å². The van der Waals surface area contributed by atoms with Crippen LogP contribution in [-0.2, 0) is 4.74 Å². The van der Waals surface area contributed by atoms with Crippen molar-refractivity contribution >= 4 is 43.5 Å². The van der Waals surface area contributed by atoms with Crippen molar-refractivity contribution in [3.63, 3.8) is 0 Å². The van der Waals surface area contributed by atoms with Gasteiger partial charge in [0.25, 0.3) is 0 Å². The average molecular weight is 326 g/mol. The molecule has 2 heteroatoms. The van der Waals surface area contributed by atoms with Crippen LogP contribution in [0.4, 0.5) is 0 Å². The van der Waals surface area contributed by atoms with E-state index in [2.05, 4.69) is 73.7 Å². The van der Waals surface area contributed by atoms with E-state index in [4.69, 9.17) is 9.15 Å². The minimum Gasteiger partial charge on any atom is -0.455 e. The third kappa shape index (κ3) is 2.01. The predicted molar refractivity (Wildman–Crippen MR) is 104 cm³/mol. The molecule has 122 valence electrons. The molecule has 0 saturated heterocycles. The number of hydrogen-bond acceptors (Lipinski definition) is 2. The Morgan fingerprint density at radius 3 is 2.28 bits per heavy atom. The van der Waals surface area contributed by atoms with Crippen LogP contribution in [0.2, 0.25) is 0 Å². The Labute approximate surface area is 145 Å². The summed E-state index contributed by atoms with van der Waals surface area (Å²) < 4.78 is 12.1. The molecule has 0 aliphatic carbocycles. The first-order chi connectivity index (χ1) is 12.3. The van der Waals surface area contributed by atoms with E-state index in [0.717, 1.165) is 27.5 Å². The largest absolute Gasteiger partial charge is 0.455 e. The fourth-order valence-electron chi connectivity index (χ4n) is 3.81. The average Bonchev–Trinajstić information content (AvgIpc) is 3.07. The minimum atomic E-state index is -0.0288. The molecule has 0 N–H and O–H groups in total. The van der Waals surface area contributed by atoms with Crippen molar-refractivity contribution in [2.75, 3.05) is 7.11 Å². The van der Waals surface area contributed by atoms with Gasteiger partial charge in [0.1, 0.15) is 11.2 Å². The van der Waals surface area contributed by atoms with Gasteiger partial charge in [-0.3, -0.25) is 0 Å². The van der Waals surface area contributed by atoms with Crippen molar-refractivity contribution in [2.45, 2.75) is 13.0 Å². The van der Waals surface area contributed by atoms with Crippen molar-refractivity contribution in [3.8, 4) is 0 Å². The zero-order chi connectivity index (χ0) is 17.0. The minimum absolute atomic E-state index is 0.0288. The van der Waals surface area contributed by atoms with E-state index in [1.54, 1.807) is 7.11 Å². The summed E-state index contributed by atoms with van der Waals surface area (Å²) in [5.41, 5.74) is 2.98. The summed E-state index contributed by atoms with van der Waals surface area (Å²) in [5, 5.41) is 7.12. The maximum atomic E-state index is 6.45. The maximum absolute atomic E-state index is 6.45. The Morgan fingerprint density at radius 2 is 1.48 bits per heavy atom.